The molecule has 0 saturated carbocycles. The van der Waals surface area contributed by atoms with Gasteiger partial charge in [-0.25, -0.2) is 9.67 Å². The standard InChI is InChI=1S/C26H27N7O7S/c1-38-24-15-22(31-10-12-39-13-11-31)23(33(34)35)14-20(24)28-26-27-9-8-25(29-26)32-16-19(18-6-4-3-5-7-18)21(30-32)17-40-41(2,36)37/h3-9,14-16H,10-13,17H2,1-2H3,(H,27,28,29). The molecule has 0 radical (unpaired) electrons. The highest BCUT2D eigenvalue weighted by atomic mass is 32.2. The van der Waals surface area contributed by atoms with Gasteiger partial charge in [-0.3, -0.25) is 14.3 Å². The van der Waals surface area contributed by atoms with Crippen LogP contribution in [-0.4, -0.2) is 72.8 Å². The van der Waals surface area contributed by atoms with Crippen LogP contribution in [0.4, 0.5) is 23.0 Å². The van der Waals surface area contributed by atoms with Crippen LogP contribution in [0.3, 0.4) is 0 Å². The Morgan fingerprint density at radius 3 is 2.59 bits per heavy atom. The van der Waals surface area contributed by atoms with E-state index < -0.39 is 15.0 Å². The molecule has 0 unspecified atom stereocenters. The number of hydrogen-bond donors (Lipinski definition) is 1. The highest BCUT2D eigenvalue weighted by molar-refractivity contribution is 7.85. The molecule has 2 aromatic carbocycles. The molecule has 0 amide bonds. The molecule has 2 aromatic heterocycles. The second-order valence-electron chi connectivity index (χ2n) is 9.03. The maximum absolute atomic E-state index is 12.0. The van der Waals surface area contributed by atoms with E-state index in [1.165, 1.54) is 24.1 Å². The van der Waals surface area contributed by atoms with E-state index >= 15 is 0 Å². The predicted molar refractivity (Wildman–Crippen MR) is 150 cm³/mol. The summed E-state index contributed by atoms with van der Waals surface area (Å²) in [5.41, 5.74) is 2.52. The van der Waals surface area contributed by atoms with Gasteiger partial charge in [-0.05, 0) is 5.56 Å². The minimum Gasteiger partial charge on any atom is -0.494 e. The van der Waals surface area contributed by atoms with E-state index in [9.17, 15) is 18.5 Å². The summed E-state index contributed by atoms with van der Waals surface area (Å²) in [5, 5.41) is 19.5. The first-order valence-corrected chi connectivity index (χ1v) is 14.3. The van der Waals surface area contributed by atoms with E-state index in [-0.39, 0.29) is 18.2 Å². The van der Waals surface area contributed by atoms with Gasteiger partial charge in [0.1, 0.15) is 18.0 Å². The van der Waals surface area contributed by atoms with Gasteiger partial charge in [0.25, 0.3) is 15.8 Å². The Kier molecular flexibility index (Phi) is 8.09. The summed E-state index contributed by atoms with van der Waals surface area (Å²) in [5.74, 6) is 0.875. The second kappa shape index (κ2) is 11.9. The molecule has 0 bridgehead atoms. The van der Waals surface area contributed by atoms with Crippen LogP contribution in [0.1, 0.15) is 5.69 Å². The molecule has 0 spiro atoms. The molecule has 5 rings (SSSR count). The molecule has 1 saturated heterocycles. The van der Waals surface area contributed by atoms with Gasteiger partial charge in [0.15, 0.2) is 5.82 Å². The molecule has 1 N–H and O–H groups in total. The third kappa shape index (κ3) is 6.59. The fraction of sp³-hybridized carbons (Fsp3) is 0.269. The maximum atomic E-state index is 12.0. The highest BCUT2D eigenvalue weighted by Gasteiger charge is 2.25. The number of hydrogen-bond acceptors (Lipinski definition) is 12. The van der Waals surface area contributed by atoms with E-state index in [0.29, 0.717) is 60.5 Å². The van der Waals surface area contributed by atoms with Crippen molar-refractivity contribution in [3.05, 3.63) is 76.7 Å². The van der Waals surface area contributed by atoms with Crippen molar-refractivity contribution in [1.82, 2.24) is 19.7 Å². The number of nitro groups is 1. The smallest absolute Gasteiger partial charge is 0.294 e. The molecular weight excluding hydrogens is 554 g/mol. The third-order valence-corrected chi connectivity index (χ3v) is 6.80. The highest BCUT2D eigenvalue weighted by Crippen LogP contribution is 2.39. The normalized spacial score (nSPS) is 13.7. The largest absolute Gasteiger partial charge is 0.494 e. The van der Waals surface area contributed by atoms with Crippen LogP contribution in [0.2, 0.25) is 0 Å². The van der Waals surface area contributed by atoms with Crippen LogP contribution >= 0.6 is 0 Å². The number of nitrogens with zero attached hydrogens (tertiary/aromatic N) is 6. The van der Waals surface area contributed by atoms with Crippen molar-refractivity contribution in [2.45, 2.75) is 6.61 Å². The zero-order chi connectivity index (χ0) is 29.0. The molecule has 1 fully saturated rings. The zero-order valence-electron chi connectivity index (χ0n) is 22.3. The molecule has 41 heavy (non-hydrogen) atoms. The van der Waals surface area contributed by atoms with Crippen LogP contribution in [0.5, 0.6) is 5.75 Å². The summed E-state index contributed by atoms with van der Waals surface area (Å²) in [7, 11) is -2.22. The molecule has 1 aliphatic heterocycles. The Hall–Kier alpha value is -4.60. The molecule has 214 valence electrons. The van der Waals surface area contributed by atoms with Crippen LogP contribution < -0.4 is 15.0 Å². The Morgan fingerprint density at radius 2 is 1.90 bits per heavy atom. The maximum Gasteiger partial charge on any atom is 0.294 e. The van der Waals surface area contributed by atoms with Crippen LogP contribution in [0.15, 0.2) is 60.9 Å². The average Bonchev–Trinajstić information content (AvgIpc) is 3.41. The van der Waals surface area contributed by atoms with E-state index in [0.717, 1.165) is 11.8 Å². The average molecular weight is 582 g/mol. The van der Waals surface area contributed by atoms with Crippen molar-refractivity contribution in [3.63, 3.8) is 0 Å². The van der Waals surface area contributed by atoms with E-state index in [1.54, 1.807) is 18.3 Å². The van der Waals surface area contributed by atoms with Crippen molar-refractivity contribution in [1.29, 1.82) is 0 Å². The minimum atomic E-state index is -3.70. The molecule has 0 atom stereocenters. The molecule has 4 aromatic rings. The molecule has 15 heteroatoms. The summed E-state index contributed by atoms with van der Waals surface area (Å²) in [4.78, 5) is 22.2. The molecule has 14 nitrogen and oxygen atoms in total. The van der Waals surface area contributed by atoms with Gasteiger partial charge in [0, 0.05) is 49.2 Å². The van der Waals surface area contributed by atoms with Gasteiger partial charge < -0.3 is 19.7 Å². The summed E-state index contributed by atoms with van der Waals surface area (Å²) in [6.07, 6.45) is 4.19. The number of anilines is 3. The number of morpholine rings is 1. The summed E-state index contributed by atoms with van der Waals surface area (Å²) >= 11 is 0. The van der Waals surface area contributed by atoms with Crippen molar-refractivity contribution in [3.8, 4) is 22.7 Å². The van der Waals surface area contributed by atoms with Gasteiger partial charge in [-0.15, -0.1) is 0 Å². The predicted octanol–water partition coefficient (Wildman–Crippen LogP) is 3.30. The van der Waals surface area contributed by atoms with Crippen molar-refractivity contribution < 1.29 is 27.0 Å². The first-order valence-electron chi connectivity index (χ1n) is 12.5. The molecule has 0 aliphatic carbocycles. The van der Waals surface area contributed by atoms with Crippen molar-refractivity contribution in [2.75, 3.05) is 49.9 Å². The van der Waals surface area contributed by atoms with Crippen molar-refractivity contribution in [2.24, 2.45) is 0 Å². The monoisotopic (exact) mass is 581 g/mol. The Balaban J connectivity index is 1.48. The molecular formula is C26H27N7O7S. The quantitative estimate of drug-likeness (QED) is 0.165. The summed E-state index contributed by atoms with van der Waals surface area (Å²) < 4.78 is 40.7. The van der Waals surface area contributed by atoms with Gasteiger partial charge in [0.05, 0.1) is 42.9 Å². The Labute approximate surface area is 235 Å². The van der Waals surface area contributed by atoms with Crippen molar-refractivity contribution >= 4 is 33.1 Å². The lowest BCUT2D eigenvalue weighted by atomic mass is 10.1. The number of nitro benzene ring substituents is 1. The SMILES string of the molecule is COc1cc(N2CCOCC2)c([N+](=O)[O-])cc1Nc1nccc(-n2cc(-c3ccccc3)c(COS(C)(=O)=O)n2)n1. The lowest BCUT2D eigenvalue weighted by Crippen LogP contribution is -2.36. The van der Waals surface area contributed by atoms with E-state index in [4.69, 9.17) is 13.7 Å². The second-order valence-corrected chi connectivity index (χ2v) is 10.7. The third-order valence-electron chi connectivity index (χ3n) is 6.25. The number of rotatable bonds is 10. The van der Waals surface area contributed by atoms with Gasteiger partial charge in [-0.1, -0.05) is 30.3 Å². The Bertz CT molecular complexity index is 1660. The van der Waals surface area contributed by atoms with Gasteiger partial charge in [-0.2, -0.15) is 18.5 Å². The number of nitrogens with one attached hydrogen (secondary N) is 1. The number of methoxy groups -OCH3 is 1. The molecule has 3 heterocycles. The lowest BCUT2D eigenvalue weighted by molar-refractivity contribution is -0.384. The van der Waals surface area contributed by atoms with E-state index in [1.807, 2.05) is 35.2 Å². The first-order chi connectivity index (χ1) is 19.7. The summed E-state index contributed by atoms with van der Waals surface area (Å²) in [6.45, 7) is 1.73. The topological polar surface area (TPSA) is 164 Å². The summed E-state index contributed by atoms with van der Waals surface area (Å²) in [6, 6.07) is 14.0. The van der Waals surface area contributed by atoms with Crippen LogP contribution in [0, 0.1) is 10.1 Å². The zero-order valence-corrected chi connectivity index (χ0v) is 23.1. The first kappa shape index (κ1) is 27.9. The Morgan fingerprint density at radius 1 is 1.15 bits per heavy atom. The van der Waals surface area contributed by atoms with Crippen LogP contribution in [0.25, 0.3) is 16.9 Å². The van der Waals surface area contributed by atoms with Gasteiger partial charge in [0.2, 0.25) is 5.95 Å². The number of aromatic nitrogens is 4. The van der Waals surface area contributed by atoms with E-state index in [2.05, 4.69) is 20.4 Å². The minimum absolute atomic E-state index is 0.0959. The fourth-order valence-electron chi connectivity index (χ4n) is 4.34. The lowest BCUT2D eigenvalue weighted by Gasteiger charge is -2.29. The number of benzene rings is 2. The molecule has 1 aliphatic rings. The van der Waals surface area contributed by atoms with Crippen LogP contribution in [-0.2, 0) is 25.6 Å². The fourth-order valence-corrected chi connectivity index (χ4v) is 4.67. The van der Waals surface area contributed by atoms with Gasteiger partial charge >= 0.3 is 0 Å². The number of ether oxygens (including phenoxy) is 2.